The van der Waals surface area contributed by atoms with Gasteiger partial charge in [0.15, 0.2) is 0 Å². The SMILES string of the molecule is FC(F)OC(F)(F)C(F)(F)Cl. The minimum absolute atomic E-state index is 2.25. The lowest BCUT2D eigenvalue weighted by atomic mass is 10.6. The number of hydrogen-bond donors (Lipinski definition) is 0. The predicted octanol–water partition coefficient (Wildman–Crippen LogP) is 2.65. The standard InChI is InChI=1S/C3HClF6O/c4-2(7,8)3(9,10)11-1(5)6/h1H. The average Bonchev–Trinajstić information content (AvgIpc) is 1.56. The summed E-state index contributed by atoms with van der Waals surface area (Å²) in [5.41, 5.74) is 0. The predicted molar refractivity (Wildman–Crippen MR) is 22.8 cm³/mol. The molecular formula is C3HClF6O. The second-order valence-corrected chi connectivity index (χ2v) is 1.87. The molecule has 0 spiro atoms. The largest absolute Gasteiger partial charge is 0.439 e. The van der Waals surface area contributed by atoms with Gasteiger partial charge in [-0.15, -0.1) is 0 Å². The molecule has 0 aliphatic carbocycles. The summed E-state index contributed by atoms with van der Waals surface area (Å²) in [6, 6.07) is 0. The first-order chi connectivity index (χ1) is 4.67. The number of rotatable bonds is 3. The smallest absolute Gasteiger partial charge is 0.252 e. The van der Waals surface area contributed by atoms with Crippen molar-refractivity contribution in [2.75, 3.05) is 0 Å². The van der Waals surface area contributed by atoms with Crippen LogP contribution in [0.25, 0.3) is 0 Å². The molecule has 0 aromatic rings. The first kappa shape index (κ1) is 10.8. The van der Waals surface area contributed by atoms with Crippen molar-refractivity contribution >= 4 is 11.6 Å². The number of halogens is 7. The normalized spacial score (nSPS) is 14.2. The average molecular weight is 202 g/mol. The van der Waals surface area contributed by atoms with Crippen molar-refractivity contribution in [3.05, 3.63) is 0 Å². The molecular weight excluding hydrogens is 201 g/mol. The van der Waals surface area contributed by atoms with Gasteiger partial charge in [-0.25, -0.2) is 0 Å². The highest BCUT2D eigenvalue weighted by Gasteiger charge is 2.58. The summed E-state index contributed by atoms with van der Waals surface area (Å²) >= 11 is 3.73. The zero-order chi connectivity index (χ0) is 9.28. The summed E-state index contributed by atoms with van der Waals surface area (Å²) in [6.45, 7) is -4.00. The van der Waals surface area contributed by atoms with E-state index in [0.717, 1.165) is 0 Å². The van der Waals surface area contributed by atoms with Gasteiger partial charge in [0.1, 0.15) is 0 Å². The zero-order valence-electron chi connectivity index (χ0n) is 4.63. The third kappa shape index (κ3) is 3.15. The van der Waals surface area contributed by atoms with Crippen molar-refractivity contribution in [2.24, 2.45) is 0 Å². The van der Waals surface area contributed by atoms with Gasteiger partial charge in [-0.2, -0.15) is 26.3 Å². The maximum absolute atomic E-state index is 11.6. The van der Waals surface area contributed by atoms with Gasteiger partial charge in [0.2, 0.25) is 0 Å². The monoisotopic (exact) mass is 202 g/mol. The van der Waals surface area contributed by atoms with Crippen molar-refractivity contribution in [3.63, 3.8) is 0 Å². The molecule has 1 nitrogen and oxygen atoms in total. The number of alkyl halides is 7. The van der Waals surface area contributed by atoms with Crippen molar-refractivity contribution in [2.45, 2.75) is 18.1 Å². The van der Waals surface area contributed by atoms with Crippen molar-refractivity contribution in [3.8, 4) is 0 Å². The first-order valence-corrected chi connectivity index (χ1v) is 2.45. The van der Waals surface area contributed by atoms with E-state index < -0.39 is 18.1 Å². The van der Waals surface area contributed by atoms with Crippen LogP contribution in [0.4, 0.5) is 26.3 Å². The van der Waals surface area contributed by atoms with Gasteiger partial charge in [0.05, 0.1) is 0 Å². The summed E-state index contributed by atoms with van der Waals surface area (Å²) < 4.78 is 70.2. The van der Waals surface area contributed by atoms with Crippen LogP contribution < -0.4 is 0 Å². The van der Waals surface area contributed by atoms with Crippen LogP contribution in [-0.4, -0.2) is 18.1 Å². The summed E-state index contributed by atoms with van der Waals surface area (Å²) in [6.07, 6.45) is -5.36. The summed E-state index contributed by atoms with van der Waals surface area (Å²) in [5, 5.41) is -5.14. The third-order valence-corrected chi connectivity index (χ3v) is 0.787. The van der Waals surface area contributed by atoms with E-state index in [1.807, 2.05) is 0 Å². The van der Waals surface area contributed by atoms with E-state index in [2.05, 4.69) is 16.3 Å². The molecule has 0 amide bonds. The highest BCUT2D eigenvalue weighted by molar-refractivity contribution is 6.22. The molecule has 0 saturated heterocycles. The Hall–Kier alpha value is -0.170. The quantitative estimate of drug-likeness (QED) is 0.505. The molecule has 11 heavy (non-hydrogen) atoms. The minimum Gasteiger partial charge on any atom is -0.252 e. The van der Waals surface area contributed by atoms with Crippen molar-refractivity contribution in [1.29, 1.82) is 0 Å². The van der Waals surface area contributed by atoms with E-state index in [-0.39, 0.29) is 0 Å². The summed E-state index contributed by atoms with van der Waals surface area (Å²) in [7, 11) is 0. The first-order valence-electron chi connectivity index (χ1n) is 2.07. The molecule has 0 aromatic heterocycles. The third-order valence-electron chi connectivity index (χ3n) is 0.567. The Morgan fingerprint density at radius 1 is 1.09 bits per heavy atom. The van der Waals surface area contributed by atoms with Crippen molar-refractivity contribution in [1.82, 2.24) is 0 Å². The van der Waals surface area contributed by atoms with E-state index in [1.54, 1.807) is 0 Å². The van der Waals surface area contributed by atoms with Crippen molar-refractivity contribution < 1.29 is 31.1 Å². The van der Waals surface area contributed by atoms with Crippen LogP contribution in [0.5, 0.6) is 0 Å². The van der Waals surface area contributed by atoms with Gasteiger partial charge in [0, 0.05) is 0 Å². The zero-order valence-corrected chi connectivity index (χ0v) is 5.39. The molecule has 0 rings (SSSR count). The Morgan fingerprint density at radius 2 is 1.45 bits per heavy atom. The lowest BCUT2D eigenvalue weighted by Crippen LogP contribution is -2.39. The van der Waals surface area contributed by atoms with Gasteiger partial charge in [-0.05, 0) is 11.6 Å². The Bertz CT molecular complexity index is 130. The molecule has 0 unspecified atom stereocenters. The molecule has 0 heterocycles. The van der Waals surface area contributed by atoms with Gasteiger partial charge in [0.25, 0.3) is 0 Å². The van der Waals surface area contributed by atoms with Gasteiger partial charge in [-0.3, -0.25) is 4.74 Å². The second kappa shape index (κ2) is 3.06. The summed E-state index contributed by atoms with van der Waals surface area (Å²) in [5.74, 6) is 0. The summed E-state index contributed by atoms with van der Waals surface area (Å²) in [4.78, 5) is 0. The highest BCUT2D eigenvalue weighted by atomic mass is 35.5. The van der Waals surface area contributed by atoms with Crippen LogP contribution in [0.3, 0.4) is 0 Å². The van der Waals surface area contributed by atoms with Crippen LogP contribution in [0.15, 0.2) is 0 Å². The minimum atomic E-state index is -5.36. The molecule has 0 saturated carbocycles. The molecule has 0 N–H and O–H groups in total. The molecule has 0 radical (unpaired) electrons. The van der Waals surface area contributed by atoms with Gasteiger partial charge >= 0.3 is 18.1 Å². The van der Waals surface area contributed by atoms with Crippen LogP contribution >= 0.6 is 11.6 Å². The van der Waals surface area contributed by atoms with Crippen LogP contribution in [-0.2, 0) is 4.74 Å². The van der Waals surface area contributed by atoms with Crippen LogP contribution in [0.1, 0.15) is 0 Å². The molecule has 0 fully saturated rings. The fourth-order valence-electron chi connectivity index (χ4n) is 0.179. The van der Waals surface area contributed by atoms with E-state index in [4.69, 9.17) is 0 Å². The van der Waals surface area contributed by atoms with Crippen LogP contribution in [0, 0.1) is 0 Å². The molecule has 0 atom stereocenters. The van der Waals surface area contributed by atoms with E-state index >= 15 is 0 Å². The van der Waals surface area contributed by atoms with E-state index in [1.165, 1.54) is 0 Å². The lowest BCUT2D eigenvalue weighted by molar-refractivity contribution is -0.372. The Balaban J connectivity index is 4.22. The molecule has 0 aliphatic rings. The van der Waals surface area contributed by atoms with Gasteiger partial charge in [-0.1, -0.05) is 0 Å². The highest BCUT2D eigenvalue weighted by Crippen LogP contribution is 2.39. The molecule has 68 valence electrons. The Kier molecular flexibility index (Phi) is 3.01. The molecule has 0 bridgehead atoms. The number of ether oxygens (including phenoxy) is 1. The molecule has 0 aromatic carbocycles. The van der Waals surface area contributed by atoms with E-state index in [9.17, 15) is 26.3 Å². The number of hydrogen-bond acceptors (Lipinski definition) is 1. The fourth-order valence-corrected chi connectivity index (χ4v) is 0.223. The Morgan fingerprint density at radius 3 is 1.55 bits per heavy atom. The molecule has 0 aliphatic heterocycles. The fraction of sp³-hybridized carbons (Fsp3) is 1.00. The molecule has 8 heteroatoms. The maximum Gasteiger partial charge on any atom is 0.439 e. The van der Waals surface area contributed by atoms with Crippen LogP contribution in [0.2, 0.25) is 0 Å². The second-order valence-electron chi connectivity index (χ2n) is 1.39. The maximum atomic E-state index is 11.6. The topological polar surface area (TPSA) is 9.23 Å². The Labute approximate surface area is 61.9 Å². The van der Waals surface area contributed by atoms with Gasteiger partial charge < -0.3 is 0 Å². The van der Waals surface area contributed by atoms with E-state index in [0.29, 0.717) is 0 Å². The lowest BCUT2D eigenvalue weighted by Gasteiger charge is -2.19.